The monoisotopic (exact) mass is 624 g/mol. The summed E-state index contributed by atoms with van der Waals surface area (Å²) in [7, 11) is 0. The van der Waals surface area contributed by atoms with Gasteiger partial charge in [0.25, 0.3) is 0 Å². The number of nitrogens with zero attached hydrogens (tertiary/aromatic N) is 2. The Balaban J connectivity index is 1.22. The van der Waals surface area contributed by atoms with E-state index in [4.69, 9.17) is 4.98 Å². The van der Waals surface area contributed by atoms with Crippen LogP contribution in [0, 0.1) is 0 Å². The van der Waals surface area contributed by atoms with Gasteiger partial charge in [0.15, 0.2) is 0 Å². The first-order valence-electron chi connectivity index (χ1n) is 16.7. The molecule has 0 spiro atoms. The number of hydrogen-bond donors (Lipinski definition) is 0. The van der Waals surface area contributed by atoms with Crippen LogP contribution in [0.1, 0.15) is 0 Å². The SMILES string of the molecule is c1ccc(-c2cccc(-c3c4ccccc4c(-c4ccc(N(c5ccccc5)c5nccc6ccccc56)cc4)c4ccccc34)c2)cc1. The molecule has 0 bridgehead atoms. The molecule has 0 saturated heterocycles. The lowest BCUT2D eigenvalue weighted by molar-refractivity contribution is 1.20. The van der Waals surface area contributed by atoms with E-state index in [1.165, 1.54) is 54.9 Å². The highest BCUT2D eigenvalue weighted by Crippen LogP contribution is 2.45. The van der Waals surface area contributed by atoms with Gasteiger partial charge in [0.05, 0.1) is 0 Å². The third-order valence-corrected chi connectivity index (χ3v) is 9.48. The molecule has 9 aromatic rings. The summed E-state index contributed by atoms with van der Waals surface area (Å²) in [6.07, 6.45) is 1.90. The number of hydrogen-bond acceptors (Lipinski definition) is 2. The van der Waals surface area contributed by atoms with Crippen molar-refractivity contribution in [3.05, 3.63) is 194 Å². The van der Waals surface area contributed by atoms with E-state index >= 15 is 0 Å². The van der Waals surface area contributed by atoms with E-state index in [1.807, 2.05) is 6.20 Å². The molecule has 2 nitrogen and oxygen atoms in total. The van der Waals surface area contributed by atoms with Crippen LogP contribution in [0.2, 0.25) is 0 Å². The van der Waals surface area contributed by atoms with Crippen LogP contribution in [0.4, 0.5) is 17.2 Å². The first-order chi connectivity index (χ1) is 24.3. The highest BCUT2D eigenvalue weighted by Gasteiger charge is 2.19. The summed E-state index contributed by atoms with van der Waals surface area (Å²) < 4.78 is 0. The second-order valence-corrected chi connectivity index (χ2v) is 12.4. The molecule has 0 fully saturated rings. The second-order valence-electron chi connectivity index (χ2n) is 12.4. The third-order valence-electron chi connectivity index (χ3n) is 9.48. The van der Waals surface area contributed by atoms with Gasteiger partial charge in [-0.25, -0.2) is 4.98 Å². The molecule has 1 heterocycles. The van der Waals surface area contributed by atoms with Crippen molar-refractivity contribution in [2.24, 2.45) is 0 Å². The largest absolute Gasteiger partial charge is 0.295 e. The maximum Gasteiger partial charge on any atom is 0.145 e. The van der Waals surface area contributed by atoms with Gasteiger partial charge in [-0.3, -0.25) is 4.90 Å². The van der Waals surface area contributed by atoms with Gasteiger partial charge >= 0.3 is 0 Å². The zero-order valence-electron chi connectivity index (χ0n) is 26.9. The van der Waals surface area contributed by atoms with Crippen molar-refractivity contribution in [2.45, 2.75) is 0 Å². The molecule has 0 unspecified atom stereocenters. The molecule has 8 aromatic carbocycles. The fourth-order valence-electron chi connectivity index (χ4n) is 7.27. The fraction of sp³-hybridized carbons (Fsp3) is 0. The molecule has 230 valence electrons. The maximum atomic E-state index is 4.91. The standard InChI is InChI=1S/C47H32N2/c1-3-14-33(15-4-1)36-17-13-18-37(32-36)46-43-24-11-9-22-41(43)45(42-23-10-12-25-44(42)46)35-26-28-39(29-27-35)49(38-19-5-2-6-20-38)47-40-21-8-7-16-34(40)30-31-48-47/h1-32H. The first kappa shape index (κ1) is 28.7. The van der Waals surface area contributed by atoms with Gasteiger partial charge in [0, 0.05) is 23.0 Å². The lowest BCUT2D eigenvalue weighted by atomic mass is 9.85. The van der Waals surface area contributed by atoms with Crippen LogP contribution in [0.5, 0.6) is 0 Å². The van der Waals surface area contributed by atoms with Crippen LogP contribution in [0.25, 0.3) is 65.7 Å². The van der Waals surface area contributed by atoms with Gasteiger partial charge in [-0.2, -0.15) is 0 Å². The predicted octanol–water partition coefficient (Wildman–Crippen LogP) is 13.0. The molecule has 0 aliphatic rings. The van der Waals surface area contributed by atoms with E-state index < -0.39 is 0 Å². The molecule has 1 aromatic heterocycles. The Morgan fingerprint density at radius 2 is 0.816 bits per heavy atom. The molecule has 0 aliphatic carbocycles. The number of rotatable bonds is 6. The van der Waals surface area contributed by atoms with Crippen LogP contribution >= 0.6 is 0 Å². The zero-order chi connectivity index (χ0) is 32.6. The van der Waals surface area contributed by atoms with E-state index in [2.05, 4.69) is 193 Å². The molecule has 9 rings (SSSR count). The van der Waals surface area contributed by atoms with E-state index in [0.717, 1.165) is 28.0 Å². The van der Waals surface area contributed by atoms with Crippen molar-refractivity contribution in [1.82, 2.24) is 4.98 Å². The minimum atomic E-state index is 0.912. The van der Waals surface area contributed by atoms with Gasteiger partial charge < -0.3 is 0 Å². The summed E-state index contributed by atoms with van der Waals surface area (Å²) >= 11 is 0. The molecule has 0 aliphatic heterocycles. The van der Waals surface area contributed by atoms with Crippen molar-refractivity contribution >= 4 is 49.5 Å². The van der Waals surface area contributed by atoms with E-state index in [1.54, 1.807) is 0 Å². The van der Waals surface area contributed by atoms with Crippen molar-refractivity contribution in [3.63, 3.8) is 0 Å². The summed E-state index contributed by atoms with van der Waals surface area (Å²) in [4.78, 5) is 7.17. The van der Waals surface area contributed by atoms with E-state index in [9.17, 15) is 0 Å². The van der Waals surface area contributed by atoms with Crippen molar-refractivity contribution in [1.29, 1.82) is 0 Å². The van der Waals surface area contributed by atoms with Crippen LogP contribution in [-0.4, -0.2) is 4.98 Å². The highest BCUT2D eigenvalue weighted by atomic mass is 15.2. The quantitative estimate of drug-likeness (QED) is 0.171. The highest BCUT2D eigenvalue weighted by molar-refractivity contribution is 6.21. The Morgan fingerprint density at radius 1 is 0.327 bits per heavy atom. The minimum absolute atomic E-state index is 0.912. The Kier molecular flexibility index (Phi) is 7.18. The van der Waals surface area contributed by atoms with Crippen LogP contribution in [-0.2, 0) is 0 Å². The second kappa shape index (κ2) is 12.3. The van der Waals surface area contributed by atoms with Gasteiger partial charge in [0.2, 0.25) is 0 Å². The van der Waals surface area contributed by atoms with Crippen LogP contribution < -0.4 is 4.90 Å². The number of benzene rings is 8. The molecule has 0 atom stereocenters. The number of para-hydroxylation sites is 1. The summed E-state index contributed by atoms with van der Waals surface area (Å²) in [6, 6.07) is 67.3. The van der Waals surface area contributed by atoms with Crippen LogP contribution in [0.3, 0.4) is 0 Å². The summed E-state index contributed by atoms with van der Waals surface area (Å²) in [6.45, 7) is 0. The smallest absolute Gasteiger partial charge is 0.145 e. The van der Waals surface area contributed by atoms with Gasteiger partial charge in [-0.15, -0.1) is 0 Å². The Morgan fingerprint density at radius 3 is 1.47 bits per heavy atom. The average molecular weight is 625 g/mol. The Bertz CT molecular complexity index is 2530. The van der Waals surface area contributed by atoms with Gasteiger partial charge in [-0.1, -0.05) is 152 Å². The number of fused-ring (bicyclic) bond motifs is 3. The fourth-order valence-corrected chi connectivity index (χ4v) is 7.27. The molecule has 0 N–H and O–H groups in total. The Hall–Kier alpha value is -6.51. The zero-order valence-corrected chi connectivity index (χ0v) is 26.9. The van der Waals surface area contributed by atoms with Crippen molar-refractivity contribution in [2.75, 3.05) is 4.90 Å². The summed E-state index contributed by atoms with van der Waals surface area (Å²) in [5, 5.41) is 7.25. The first-order valence-corrected chi connectivity index (χ1v) is 16.7. The van der Waals surface area contributed by atoms with Gasteiger partial charge in [-0.05, 0) is 96.7 Å². The lowest BCUT2D eigenvalue weighted by Crippen LogP contribution is -2.11. The molecule has 0 amide bonds. The maximum absolute atomic E-state index is 4.91. The van der Waals surface area contributed by atoms with E-state index in [-0.39, 0.29) is 0 Å². The normalized spacial score (nSPS) is 11.3. The van der Waals surface area contributed by atoms with Crippen molar-refractivity contribution < 1.29 is 0 Å². The van der Waals surface area contributed by atoms with Crippen LogP contribution in [0.15, 0.2) is 194 Å². The molecular weight excluding hydrogens is 593 g/mol. The molecule has 2 heteroatoms. The topological polar surface area (TPSA) is 16.1 Å². The Labute approximate surface area is 286 Å². The summed E-state index contributed by atoms with van der Waals surface area (Å²) in [5.74, 6) is 0.912. The predicted molar refractivity (Wildman–Crippen MR) is 208 cm³/mol. The van der Waals surface area contributed by atoms with E-state index in [0.29, 0.717) is 0 Å². The number of pyridine rings is 1. The lowest BCUT2D eigenvalue weighted by Gasteiger charge is -2.26. The molecule has 0 saturated carbocycles. The average Bonchev–Trinajstić information content (AvgIpc) is 3.18. The molecular formula is C47H32N2. The van der Waals surface area contributed by atoms with Gasteiger partial charge in [0.1, 0.15) is 5.82 Å². The summed E-state index contributed by atoms with van der Waals surface area (Å²) in [5.41, 5.74) is 9.47. The number of anilines is 3. The van der Waals surface area contributed by atoms with Crippen molar-refractivity contribution in [3.8, 4) is 33.4 Å². The molecule has 49 heavy (non-hydrogen) atoms. The minimum Gasteiger partial charge on any atom is -0.295 e. The molecule has 0 radical (unpaired) electrons. The number of aromatic nitrogens is 1. The third kappa shape index (κ3) is 5.11.